The Morgan fingerprint density at radius 1 is 1.33 bits per heavy atom. The summed E-state index contributed by atoms with van der Waals surface area (Å²) in [4.78, 5) is 14.4. The summed E-state index contributed by atoms with van der Waals surface area (Å²) in [6.45, 7) is 6.40. The fourth-order valence-electron chi connectivity index (χ4n) is 3.17. The summed E-state index contributed by atoms with van der Waals surface area (Å²) in [5.74, 6) is 0.220. The van der Waals surface area contributed by atoms with Crippen LogP contribution in [0.3, 0.4) is 0 Å². The van der Waals surface area contributed by atoms with Crippen LogP contribution in [0.5, 0.6) is 0 Å². The van der Waals surface area contributed by atoms with E-state index in [0.29, 0.717) is 18.5 Å². The smallest absolute Gasteiger partial charge is 0.221 e. The average molecular weight is 253 g/mol. The maximum absolute atomic E-state index is 11.9. The number of likely N-dealkylation sites (tertiary alicyclic amines) is 1. The first-order valence-corrected chi connectivity index (χ1v) is 7.53. The van der Waals surface area contributed by atoms with Crippen molar-refractivity contribution in [3.05, 3.63) is 0 Å². The molecule has 2 atom stereocenters. The van der Waals surface area contributed by atoms with Crippen LogP contribution in [0.4, 0.5) is 0 Å². The molecule has 0 aliphatic carbocycles. The molecular weight excluding hydrogens is 226 g/mol. The highest BCUT2D eigenvalue weighted by Gasteiger charge is 2.23. The van der Waals surface area contributed by atoms with Gasteiger partial charge in [-0.25, -0.2) is 0 Å². The number of amides is 1. The molecule has 0 aromatic heterocycles. The van der Waals surface area contributed by atoms with Crippen molar-refractivity contribution in [3.63, 3.8) is 0 Å². The third-order valence-electron chi connectivity index (χ3n) is 4.28. The van der Waals surface area contributed by atoms with Crippen LogP contribution in [0.1, 0.15) is 45.4 Å². The number of hydrogen-bond donors (Lipinski definition) is 2. The molecule has 2 rings (SSSR count). The summed E-state index contributed by atoms with van der Waals surface area (Å²) >= 11 is 0. The van der Waals surface area contributed by atoms with Crippen molar-refractivity contribution >= 4 is 5.91 Å². The summed E-state index contributed by atoms with van der Waals surface area (Å²) in [6.07, 6.45) is 6.83. The number of nitrogens with zero attached hydrogens (tertiary/aromatic N) is 1. The van der Waals surface area contributed by atoms with Gasteiger partial charge >= 0.3 is 0 Å². The van der Waals surface area contributed by atoms with Crippen molar-refractivity contribution < 1.29 is 4.79 Å². The van der Waals surface area contributed by atoms with Crippen LogP contribution in [-0.4, -0.2) is 49.1 Å². The zero-order valence-electron chi connectivity index (χ0n) is 11.6. The monoisotopic (exact) mass is 253 g/mol. The molecule has 0 radical (unpaired) electrons. The Kier molecular flexibility index (Phi) is 5.45. The molecule has 0 aromatic rings. The Balaban J connectivity index is 1.64. The van der Waals surface area contributed by atoms with Gasteiger partial charge in [-0.3, -0.25) is 9.69 Å². The number of carbonyl (C=O) groups excluding carboxylic acids is 1. The lowest BCUT2D eigenvalue weighted by molar-refractivity contribution is -0.121. The molecule has 0 spiro atoms. The van der Waals surface area contributed by atoms with Crippen LogP contribution in [0, 0.1) is 0 Å². The van der Waals surface area contributed by atoms with E-state index in [1.54, 1.807) is 0 Å². The first-order valence-electron chi connectivity index (χ1n) is 7.53. The van der Waals surface area contributed by atoms with Crippen LogP contribution >= 0.6 is 0 Å². The number of piperidine rings is 1. The average Bonchev–Trinajstić information content (AvgIpc) is 2.85. The Hall–Kier alpha value is -0.610. The predicted octanol–water partition coefficient (Wildman–Crippen LogP) is 1.12. The molecular formula is C14H27N3O. The highest BCUT2D eigenvalue weighted by atomic mass is 16.1. The molecule has 2 saturated heterocycles. The minimum absolute atomic E-state index is 0.220. The van der Waals surface area contributed by atoms with Crippen LogP contribution in [0.25, 0.3) is 0 Å². The zero-order valence-corrected chi connectivity index (χ0v) is 11.6. The van der Waals surface area contributed by atoms with Crippen molar-refractivity contribution in [2.45, 2.75) is 57.5 Å². The van der Waals surface area contributed by atoms with Gasteiger partial charge in [-0.2, -0.15) is 0 Å². The van der Waals surface area contributed by atoms with E-state index in [-0.39, 0.29) is 5.91 Å². The summed E-state index contributed by atoms with van der Waals surface area (Å²) in [7, 11) is 0. The van der Waals surface area contributed by atoms with Crippen LogP contribution < -0.4 is 10.6 Å². The van der Waals surface area contributed by atoms with Gasteiger partial charge in [0.05, 0.1) is 0 Å². The van der Waals surface area contributed by atoms with Crippen molar-refractivity contribution in [1.82, 2.24) is 15.5 Å². The fourth-order valence-corrected chi connectivity index (χ4v) is 3.17. The van der Waals surface area contributed by atoms with Gasteiger partial charge in [0.15, 0.2) is 0 Å². The second kappa shape index (κ2) is 7.10. The maximum Gasteiger partial charge on any atom is 0.221 e. The highest BCUT2D eigenvalue weighted by Crippen LogP contribution is 2.15. The number of carbonyl (C=O) groups is 1. The molecule has 104 valence electrons. The van der Waals surface area contributed by atoms with Crippen molar-refractivity contribution in [2.24, 2.45) is 0 Å². The Morgan fingerprint density at radius 3 is 2.94 bits per heavy atom. The Labute approximate surface area is 110 Å². The molecule has 4 heteroatoms. The van der Waals surface area contributed by atoms with E-state index >= 15 is 0 Å². The SMILES string of the molecule is CCN1CCCC1CNC(=O)CC1CCCCN1. The molecule has 4 nitrogen and oxygen atoms in total. The summed E-state index contributed by atoms with van der Waals surface area (Å²) in [6, 6.07) is 0.975. The summed E-state index contributed by atoms with van der Waals surface area (Å²) in [5, 5.41) is 6.54. The quantitative estimate of drug-likeness (QED) is 0.772. The second-order valence-electron chi connectivity index (χ2n) is 5.58. The molecule has 2 heterocycles. The fraction of sp³-hybridized carbons (Fsp3) is 0.929. The molecule has 2 aliphatic rings. The second-order valence-corrected chi connectivity index (χ2v) is 5.58. The lowest BCUT2D eigenvalue weighted by atomic mass is 10.0. The third kappa shape index (κ3) is 3.95. The molecule has 2 N–H and O–H groups in total. The van der Waals surface area contributed by atoms with Gasteiger partial charge in [0, 0.05) is 25.0 Å². The largest absolute Gasteiger partial charge is 0.354 e. The van der Waals surface area contributed by atoms with E-state index < -0.39 is 0 Å². The number of nitrogens with one attached hydrogen (secondary N) is 2. The van der Waals surface area contributed by atoms with Crippen LogP contribution in [0.15, 0.2) is 0 Å². The van der Waals surface area contributed by atoms with E-state index in [0.717, 1.165) is 26.1 Å². The first-order chi connectivity index (χ1) is 8.79. The summed E-state index contributed by atoms with van der Waals surface area (Å²) in [5.41, 5.74) is 0. The molecule has 0 bridgehead atoms. The van der Waals surface area contributed by atoms with Crippen molar-refractivity contribution in [3.8, 4) is 0 Å². The van der Waals surface area contributed by atoms with Crippen molar-refractivity contribution in [2.75, 3.05) is 26.2 Å². The van der Waals surface area contributed by atoms with Gasteiger partial charge in [-0.1, -0.05) is 13.3 Å². The number of hydrogen-bond acceptors (Lipinski definition) is 3. The number of rotatable bonds is 5. The maximum atomic E-state index is 11.9. The molecule has 2 fully saturated rings. The Morgan fingerprint density at radius 2 is 2.22 bits per heavy atom. The van der Waals surface area contributed by atoms with Crippen LogP contribution in [-0.2, 0) is 4.79 Å². The van der Waals surface area contributed by atoms with Gasteiger partial charge in [0.1, 0.15) is 0 Å². The lowest BCUT2D eigenvalue weighted by Gasteiger charge is -2.25. The van der Waals surface area contributed by atoms with E-state index in [9.17, 15) is 4.79 Å². The summed E-state index contributed by atoms with van der Waals surface area (Å²) < 4.78 is 0. The minimum Gasteiger partial charge on any atom is -0.354 e. The standard InChI is InChI=1S/C14H27N3O/c1-2-17-9-5-7-13(17)11-16-14(18)10-12-6-3-4-8-15-12/h12-13,15H,2-11H2,1H3,(H,16,18). The molecule has 2 unspecified atom stereocenters. The third-order valence-corrected chi connectivity index (χ3v) is 4.28. The van der Waals surface area contributed by atoms with Gasteiger partial charge < -0.3 is 10.6 Å². The van der Waals surface area contributed by atoms with E-state index in [1.807, 2.05) is 0 Å². The highest BCUT2D eigenvalue weighted by molar-refractivity contribution is 5.76. The number of likely N-dealkylation sites (N-methyl/N-ethyl adjacent to an activating group) is 1. The first kappa shape index (κ1) is 13.8. The molecule has 1 amide bonds. The molecule has 2 aliphatic heterocycles. The molecule has 18 heavy (non-hydrogen) atoms. The Bertz CT molecular complexity index is 264. The van der Waals surface area contributed by atoms with E-state index in [2.05, 4.69) is 22.5 Å². The van der Waals surface area contributed by atoms with Gasteiger partial charge in [-0.15, -0.1) is 0 Å². The van der Waals surface area contributed by atoms with Gasteiger partial charge in [-0.05, 0) is 45.3 Å². The molecule has 0 saturated carbocycles. The minimum atomic E-state index is 0.220. The zero-order chi connectivity index (χ0) is 12.8. The lowest BCUT2D eigenvalue weighted by Crippen LogP contribution is -2.43. The van der Waals surface area contributed by atoms with Gasteiger partial charge in [0.2, 0.25) is 5.91 Å². The predicted molar refractivity (Wildman–Crippen MR) is 73.5 cm³/mol. The van der Waals surface area contributed by atoms with Crippen LogP contribution in [0.2, 0.25) is 0 Å². The normalized spacial score (nSPS) is 29.4. The van der Waals surface area contributed by atoms with E-state index in [4.69, 9.17) is 0 Å². The van der Waals surface area contributed by atoms with Gasteiger partial charge in [0.25, 0.3) is 0 Å². The van der Waals surface area contributed by atoms with E-state index in [1.165, 1.54) is 32.2 Å². The topological polar surface area (TPSA) is 44.4 Å². The molecule has 0 aromatic carbocycles. The van der Waals surface area contributed by atoms with Crippen molar-refractivity contribution in [1.29, 1.82) is 0 Å².